The summed E-state index contributed by atoms with van der Waals surface area (Å²) in [5.74, 6) is 0.795. The maximum atomic E-state index is 3.48. The Morgan fingerprint density at radius 3 is 2.79 bits per heavy atom. The lowest BCUT2D eigenvalue weighted by molar-refractivity contribution is 0.132. The van der Waals surface area contributed by atoms with E-state index < -0.39 is 0 Å². The van der Waals surface area contributed by atoms with E-state index in [9.17, 15) is 0 Å². The van der Waals surface area contributed by atoms with Gasteiger partial charge in [-0.2, -0.15) is 0 Å². The van der Waals surface area contributed by atoms with Crippen LogP contribution in [0.5, 0.6) is 0 Å². The zero-order valence-corrected chi connectivity index (χ0v) is 12.9. The van der Waals surface area contributed by atoms with Crippen molar-refractivity contribution in [2.45, 2.75) is 46.2 Å². The Morgan fingerprint density at radius 1 is 1.32 bits per heavy atom. The van der Waals surface area contributed by atoms with Gasteiger partial charge in [-0.05, 0) is 50.9 Å². The van der Waals surface area contributed by atoms with Crippen molar-refractivity contribution in [3.63, 3.8) is 0 Å². The highest BCUT2D eigenvalue weighted by atomic mass is 15.1. The van der Waals surface area contributed by atoms with Gasteiger partial charge < -0.3 is 5.32 Å². The molecule has 1 N–H and O–H groups in total. The van der Waals surface area contributed by atoms with Crippen LogP contribution in [-0.2, 0) is 6.54 Å². The monoisotopic (exact) mass is 260 g/mol. The van der Waals surface area contributed by atoms with Crippen LogP contribution in [0.15, 0.2) is 18.2 Å². The van der Waals surface area contributed by atoms with Crippen LogP contribution in [0.4, 0.5) is 0 Å². The molecule has 1 aromatic rings. The molecular weight excluding hydrogens is 232 g/mol. The minimum Gasteiger partial charge on any atom is -0.317 e. The van der Waals surface area contributed by atoms with E-state index in [1.807, 2.05) is 0 Å². The van der Waals surface area contributed by atoms with E-state index in [-0.39, 0.29) is 0 Å². The van der Waals surface area contributed by atoms with Gasteiger partial charge in [-0.15, -0.1) is 0 Å². The quantitative estimate of drug-likeness (QED) is 0.895. The minimum absolute atomic E-state index is 0.708. The van der Waals surface area contributed by atoms with Crippen molar-refractivity contribution in [2.24, 2.45) is 5.92 Å². The maximum Gasteiger partial charge on any atom is 0.0236 e. The van der Waals surface area contributed by atoms with Gasteiger partial charge in [0.15, 0.2) is 0 Å². The highest BCUT2D eigenvalue weighted by Gasteiger charge is 2.26. The molecule has 0 saturated carbocycles. The van der Waals surface area contributed by atoms with Crippen LogP contribution in [0.2, 0.25) is 0 Å². The lowest BCUT2D eigenvalue weighted by Gasteiger charge is -2.38. The summed E-state index contributed by atoms with van der Waals surface area (Å²) in [5.41, 5.74) is 4.30. The van der Waals surface area contributed by atoms with Crippen LogP contribution in [0, 0.1) is 19.8 Å². The van der Waals surface area contributed by atoms with E-state index in [4.69, 9.17) is 0 Å². The van der Waals surface area contributed by atoms with Crippen molar-refractivity contribution in [3.8, 4) is 0 Å². The van der Waals surface area contributed by atoms with Gasteiger partial charge in [0, 0.05) is 19.1 Å². The number of nitrogens with zero attached hydrogens (tertiary/aromatic N) is 1. The molecule has 0 spiro atoms. The van der Waals surface area contributed by atoms with Gasteiger partial charge >= 0.3 is 0 Å². The second-order valence-corrected chi connectivity index (χ2v) is 6.02. The first-order chi connectivity index (χ1) is 9.13. The van der Waals surface area contributed by atoms with E-state index >= 15 is 0 Å². The molecule has 1 aliphatic rings. The Labute approximate surface area is 118 Å². The largest absolute Gasteiger partial charge is 0.317 e. The molecule has 2 atom stereocenters. The van der Waals surface area contributed by atoms with Gasteiger partial charge in [-0.1, -0.05) is 37.1 Å². The van der Waals surface area contributed by atoms with E-state index in [0.717, 1.165) is 12.5 Å². The summed E-state index contributed by atoms with van der Waals surface area (Å²) in [7, 11) is 2.10. The molecule has 2 heteroatoms. The number of nitrogens with one attached hydrogen (secondary N) is 1. The first kappa shape index (κ1) is 14.5. The first-order valence-electron chi connectivity index (χ1n) is 7.59. The fourth-order valence-electron chi connectivity index (χ4n) is 3.26. The van der Waals surface area contributed by atoms with E-state index in [1.54, 1.807) is 0 Å². The Balaban J connectivity index is 2.02. The number of likely N-dealkylation sites (tertiary alicyclic amines) is 1. The van der Waals surface area contributed by atoms with Gasteiger partial charge in [0.2, 0.25) is 0 Å². The Hall–Kier alpha value is -0.860. The van der Waals surface area contributed by atoms with Gasteiger partial charge in [0.05, 0.1) is 0 Å². The maximum absolute atomic E-state index is 3.48. The molecule has 19 heavy (non-hydrogen) atoms. The van der Waals surface area contributed by atoms with Crippen LogP contribution >= 0.6 is 0 Å². The van der Waals surface area contributed by atoms with Crippen molar-refractivity contribution >= 4 is 0 Å². The average Bonchev–Trinajstić information content (AvgIpc) is 2.42. The third-order valence-electron chi connectivity index (χ3n) is 4.61. The number of rotatable bonds is 4. The predicted octanol–water partition coefficient (Wildman–Crippen LogP) is 3.12. The molecule has 0 aliphatic carbocycles. The fourth-order valence-corrected chi connectivity index (χ4v) is 3.26. The van der Waals surface area contributed by atoms with E-state index in [2.05, 4.69) is 56.2 Å². The third kappa shape index (κ3) is 3.58. The summed E-state index contributed by atoms with van der Waals surface area (Å²) < 4.78 is 0. The smallest absolute Gasteiger partial charge is 0.0236 e. The van der Waals surface area contributed by atoms with Crippen LogP contribution in [0.3, 0.4) is 0 Å². The summed E-state index contributed by atoms with van der Waals surface area (Å²) in [4.78, 5) is 2.63. The summed E-state index contributed by atoms with van der Waals surface area (Å²) in [6.07, 6.45) is 2.55. The van der Waals surface area contributed by atoms with Crippen molar-refractivity contribution in [1.29, 1.82) is 0 Å². The standard InChI is InChI=1S/C17H28N2/c1-5-15-11-19(9-8-17(15)18-4)12-16-10-13(2)6-7-14(16)3/h6-7,10,15,17-18H,5,8-9,11-12H2,1-4H3. The minimum atomic E-state index is 0.708. The average molecular weight is 260 g/mol. The molecule has 1 fully saturated rings. The summed E-state index contributed by atoms with van der Waals surface area (Å²) in [5, 5.41) is 3.48. The summed E-state index contributed by atoms with van der Waals surface area (Å²) in [6.45, 7) is 10.3. The first-order valence-corrected chi connectivity index (χ1v) is 7.59. The molecule has 0 radical (unpaired) electrons. The molecule has 2 nitrogen and oxygen atoms in total. The van der Waals surface area contributed by atoms with Crippen LogP contribution < -0.4 is 5.32 Å². The fraction of sp³-hybridized carbons (Fsp3) is 0.647. The highest BCUT2D eigenvalue weighted by molar-refractivity contribution is 5.30. The van der Waals surface area contributed by atoms with Gasteiger partial charge in [-0.3, -0.25) is 4.90 Å². The topological polar surface area (TPSA) is 15.3 Å². The molecule has 1 aromatic carbocycles. The van der Waals surface area contributed by atoms with E-state index in [0.29, 0.717) is 6.04 Å². The summed E-state index contributed by atoms with van der Waals surface area (Å²) >= 11 is 0. The van der Waals surface area contributed by atoms with Gasteiger partial charge in [0.25, 0.3) is 0 Å². The third-order valence-corrected chi connectivity index (χ3v) is 4.61. The number of benzene rings is 1. The molecule has 2 unspecified atom stereocenters. The molecule has 1 heterocycles. The molecule has 1 aliphatic heterocycles. The molecule has 1 saturated heterocycles. The van der Waals surface area contributed by atoms with Gasteiger partial charge in [-0.25, -0.2) is 0 Å². The SMILES string of the molecule is CCC1CN(Cc2cc(C)ccc2C)CCC1NC. The predicted molar refractivity (Wildman–Crippen MR) is 82.4 cm³/mol. The zero-order chi connectivity index (χ0) is 13.8. The Bertz CT molecular complexity index is 414. The second-order valence-electron chi connectivity index (χ2n) is 6.02. The molecule has 106 valence electrons. The van der Waals surface area contributed by atoms with E-state index in [1.165, 1.54) is 42.6 Å². The molecule has 0 aromatic heterocycles. The Kier molecular flexibility index (Phi) is 5.00. The highest BCUT2D eigenvalue weighted by Crippen LogP contribution is 2.22. The number of piperidine rings is 1. The number of hydrogen-bond acceptors (Lipinski definition) is 2. The van der Waals surface area contributed by atoms with Crippen molar-refractivity contribution in [3.05, 3.63) is 34.9 Å². The van der Waals surface area contributed by atoms with Crippen molar-refractivity contribution in [1.82, 2.24) is 10.2 Å². The second kappa shape index (κ2) is 6.53. The molecular formula is C17H28N2. The van der Waals surface area contributed by atoms with Crippen molar-refractivity contribution in [2.75, 3.05) is 20.1 Å². The number of hydrogen-bond donors (Lipinski definition) is 1. The van der Waals surface area contributed by atoms with Crippen LogP contribution in [-0.4, -0.2) is 31.1 Å². The molecule has 2 rings (SSSR count). The van der Waals surface area contributed by atoms with Gasteiger partial charge in [0.1, 0.15) is 0 Å². The zero-order valence-electron chi connectivity index (χ0n) is 12.9. The Morgan fingerprint density at radius 2 is 2.11 bits per heavy atom. The normalized spacial score (nSPS) is 24.6. The van der Waals surface area contributed by atoms with Crippen LogP contribution in [0.1, 0.15) is 36.5 Å². The molecule has 0 amide bonds. The molecule has 0 bridgehead atoms. The lowest BCUT2D eigenvalue weighted by Crippen LogP contribution is -2.47. The lowest BCUT2D eigenvalue weighted by atomic mass is 9.89. The number of aryl methyl sites for hydroxylation is 2. The summed E-state index contributed by atoms with van der Waals surface area (Å²) in [6, 6.07) is 7.52. The van der Waals surface area contributed by atoms with Crippen LogP contribution in [0.25, 0.3) is 0 Å². The van der Waals surface area contributed by atoms with Crippen molar-refractivity contribution < 1.29 is 0 Å².